The second-order valence-electron chi connectivity index (χ2n) is 7.52. The molecular weight excluding hydrogens is 412 g/mol. The number of aromatic nitrogens is 1. The Kier molecular flexibility index (Phi) is 6.60. The van der Waals surface area contributed by atoms with Gasteiger partial charge in [0.1, 0.15) is 5.82 Å². The summed E-state index contributed by atoms with van der Waals surface area (Å²) in [5.41, 5.74) is 3.26. The van der Waals surface area contributed by atoms with Crippen molar-refractivity contribution in [1.29, 1.82) is 0 Å². The van der Waals surface area contributed by atoms with Gasteiger partial charge >= 0.3 is 0 Å². The predicted octanol–water partition coefficient (Wildman–Crippen LogP) is 3.50. The van der Waals surface area contributed by atoms with E-state index in [1.165, 1.54) is 0 Å². The van der Waals surface area contributed by atoms with Crippen molar-refractivity contribution in [1.82, 2.24) is 10.3 Å². The summed E-state index contributed by atoms with van der Waals surface area (Å²) in [6, 6.07) is 15.4. The molecule has 0 spiro atoms. The Morgan fingerprint density at radius 3 is 2.42 bits per heavy atom. The molecular formula is C23H26N4O3S. The number of carbonyl (C=O) groups excluding carboxylic acids is 1. The molecule has 1 amide bonds. The smallest absolute Gasteiger partial charge is 0.262 e. The Balaban J connectivity index is 1.69. The summed E-state index contributed by atoms with van der Waals surface area (Å²) in [7, 11) is 0.0681. The SMILES string of the molecule is Cc1ccc(C)c(S(=O)(=O)Nc2ccc(C(=O)NCc3cccnc3N(C)C)cc2)c1. The van der Waals surface area contributed by atoms with Crippen LogP contribution in [-0.2, 0) is 16.6 Å². The van der Waals surface area contributed by atoms with E-state index in [9.17, 15) is 13.2 Å². The fourth-order valence-corrected chi connectivity index (χ4v) is 4.53. The van der Waals surface area contributed by atoms with Crippen molar-refractivity contribution in [2.45, 2.75) is 25.3 Å². The van der Waals surface area contributed by atoms with Crippen molar-refractivity contribution in [2.24, 2.45) is 0 Å². The molecule has 162 valence electrons. The lowest BCUT2D eigenvalue weighted by atomic mass is 10.2. The molecule has 0 radical (unpaired) electrons. The highest BCUT2D eigenvalue weighted by molar-refractivity contribution is 7.92. The first-order valence-corrected chi connectivity index (χ1v) is 11.3. The summed E-state index contributed by atoms with van der Waals surface area (Å²) in [6.07, 6.45) is 1.71. The number of hydrogen-bond donors (Lipinski definition) is 2. The molecule has 0 fully saturated rings. The summed E-state index contributed by atoms with van der Waals surface area (Å²) in [5.74, 6) is 0.538. The molecule has 0 saturated heterocycles. The number of hydrogen-bond acceptors (Lipinski definition) is 5. The molecule has 3 aromatic rings. The lowest BCUT2D eigenvalue weighted by Gasteiger charge is -2.16. The number of anilines is 2. The van der Waals surface area contributed by atoms with E-state index >= 15 is 0 Å². The minimum absolute atomic E-state index is 0.238. The quantitative estimate of drug-likeness (QED) is 0.589. The van der Waals surface area contributed by atoms with Crippen LogP contribution in [0.15, 0.2) is 65.7 Å². The van der Waals surface area contributed by atoms with E-state index < -0.39 is 10.0 Å². The number of nitrogens with zero attached hydrogens (tertiary/aromatic N) is 2. The van der Waals surface area contributed by atoms with Crippen LogP contribution >= 0.6 is 0 Å². The second kappa shape index (κ2) is 9.18. The zero-order chi connectivity index (χ0) is 22.6. The van der Waals surface area contributed by atoms with Gasteiger partial charge in [0.05, 0.1) is 4.90 Å². The van der Waals surface area contributed by atoms with Gasteiger partial charge in [-0.15, -0.1) is 0 Å². The Hall–Kier alpha value is -3.39. The van der Waals surface area contributed by atoms with Crippen LogP contribution in [0.4, 0.5) is 11.5 Å². The number of benzene rings is 2. The van der Waals surface area contributed by atoms with Gasteiger partial charge in [0.25, 0.3) is 15.9 Å². The predicted molar refractivity (Wildman–Crippen MR) is 123 cm³/mol. The highest BCUT2D eigenvalue weighted by atomic mass is 32.2. The molecule has 0 aliphatic carbocycles. The maximum absolute atomic E-state index is 12.7. The molecule has 7 nitrogen and oxygen atoms in total. The van der Waals surface area contributed by atoms with E-state index in [4.69, 9.17) is 0 Å². The Labute approximate surface area is 183 Å². The number of aryl methyl sites for hydroxylation is 2. The van der Waals surface area contributed by atoms with E-state index in [2.05, 4.69) is 15.0 Å². The summed E-state index contributed by atoms with van der Waals surface area (Å²) in [4.78, 5) is 19.0. The van der Waals surface area contributed by atoms with E-state index in [-0.39, 0.29) is 10.8 Å². The minimum atomic E-state index is -3.72. The first kappa shape index (κ1) is 22.3. The molecule has 1 heterocycles. The van der Waals surface area contributed by atoms with Gasteiger partial charge < -0.3 is 10.2 Å². The van der Waals surface area contributed by atoms with Gasteiger partial charge in [-0.2, -0.15) is 0 Å². The number of amides is 1. The van der Waals surface area contributed by atoms with Crippen LogP contribution in [0.5, 0.6) is 0 Å². The fraction of sp³-hybridized carbons (Fsp3) is 0.217. The van der Waals surface area contributed by atoms with Gasteiger partial charge in [-0.3, -0.25) is 9.52 Å². The fourth-order valence-electron chi connectivity index (χ4n) is 3.15. The molecule has 1 aromatic heterocycles. The molecule has 0 atom stereocenters. The van der Waals surface area contributed by atoms with Crippen molar-refractivity contribution in [3.63, 3.8) is 0 Å². The van der Waals surface area contributed by atoms with E-state index in [0.29, 0.717) is 23.4 Å². The topological polar surface area (TPSA) is 91.4 Å². The van der Waals surface area contributed by atoms with Crippen molar-refractivity contribution >= 4 is 27.4 Å². The molecule has 0 unspecified atom stereocenters. The van der Waals surface area contributed by atoms with Crippen LogP contribution in [-0.4, -0.2) is 33.4 Å². The highest BCUT2D eigenvalue weighted by Crippen LogP contribution is 2.21. The van der Waals surface area contributed by atoms with E-state index in [1.807, 2.05) is 44.1 Å². The number of sulfonamides is 1. The number of rotatable bonds is 7. The molecule has 0 saturated carbocycles. The average Bonchev–Trinajstić information content (AvgIpc) is 2.74. The number of pyridine rings is 1. The summed E-state index contributed by atoms with van der Waals surface area (Å²) < 4.78 is 28.1. The standard InChI is InChI=1S/C23H26N4O3S/c1-16-7-8-17(2)21(14-16)31(29,30)26-20-11-9-18(10-12-20)23(28)25-15-19-6-5-13-24-22(19)27(3)4/h5-14,26H,15H2,1-4H3,(H,25,28). The monoisotopic (exact) mass is 438 g/mol. The number of nitrogens with one attached hydrogen (secondary N) is 2. The third kappa shape index (κ3) is 5.40. The number of carbonyl (C=O) groups is 1. The molecule has 3 rings (SSSR count). The molecule has 2 aromatic carbocycles. The third-order valence-electron chi connectivity index (χ3n) is 4.76. The van der Waals surface area contributed by atoms with Crippen molar-refractivity contribution in [2.75, 3.05) is 23.7 Å². The zero-order valence-electron chi connectivity index (χ0n) is 18.0. The summed E-state index contributed by atoms with van der Waals surface area (Å²) in [5, 5.41) is 2.87. The van der Waals surface area contributed by atoms with Gasteiger partial charge in [-0.1, -0.05) is 18.2 Å². The van der Waals surface area contributed by atoms with Crippen molar-refractivity contribution in [3.8, 4) is 0 Å². The normalized spacial score (nSPS) is 11.1. The van der Waals surface area contributed by atoms with E-state index in [1.54, 1.807) is 49.5 Å². The molecule has 0 aliphatic rings. The third-order valence-corrected chi connectivity index (χ3v) is 6.29. The lowest BCUT2D eigenvalue weighted by molar-refractivity contribution is 0.0951. The maximum atomic E-state index is 12.7. The van der Waals surface area contributed by atoms with Gasteiger partial charge in [-0.25, -0.2) is 13.4 Å². The van der Waals surface area contributed by atoms with Crippen LogP contribution in [0, 0.1) is 13.8 Å². The largest absolute Gasteiger partial charge is 0.362 e. The average molecular weight is 439 g/mol. The lowest BCUT2D eigenvalue weighted by Crippen LogP contribution is -2.24. The molecule has 31 heavy (non-hydrogen) atoms. The van der Waals surface area contributed by atoms with Crippen LogP contribution in [0.3, 0.4) is 0 Å². The van der Waals surface area contributed by atoms with Crippen molar-refractivity contribution in [3.05, 3.63) is 83.0 Å². The van der Waals surface area contributed by atoms with Gasteiger partial charge in [0.2, 0.25) is 0 Å². The Bertz CT molecular complexity index is 1190. The minimum Gasteiger partial charge on any atom is -0.362 e. The first-order chi connectivity index (χ1) is 14.7. The Morgan fingerprint density at radius 2 is 1.74 bits per heavy atom. The molecule has 8 heteroatoms. The van der Waals surface area contributed by atoms with Crippen LogP contribution < -0.4 is 14.9 Å². The van der Waals surface area contributed by atoms with Gasteiger partial charge in [-0.05, 0) is 61.4 Å². The summed E-state index contributed by atoms with van der Waals surface area (Å²) >= 11 is 0. The van der Waals surface area contributed by atoms with Gasteiger partial charge in [0, 0.05) is 43.7 Å². The molecule has 0 aliphatic heterocycles. The Morgan fingerprint density at radius 1 is 1.03 bits per heavy atom. The first-order valence-electron chi connectivity index (χ1n) is 9.77. The van der Waals surface area contributed by atoms with Crippen molar-refractivity contribution < 1.29 is 13.2 Å². The molecule has 2 N–H and O–H groups in total. The van der Waals surface area contributed by atoms with Crippen LogP contribution in [0.2, 0.25) is 0 Å². The van der Waals surface area contributed by atoms with Gasteiger partial charge in [0.15, 0.2) is 0 Å². The second-order valence-corrected chi connectivity index (χ2v) is 9.17. The molecule has 0 bridgehead atoms. The van der Waals surface area contributed by atoms with Crippen LogP contribution in [0.1, 0.15) is 27.0 Å². The maximum Gasteiger partial charge on any atom is 0.262 e. The van der Waals surface area contributed by atoms with Crippen LogP contribution in [0.25, 0.3) is 0 Å². The summed E-state index contributed by atoms with van der Waals surface area (Å²) in [6.45, 7) is 3.94. The van der Waals surface area contributed by atoms with E-state index in [0.717, 1.165) is 16.9 Å². The highest BCUT2D eigenvalue weighted by Gasteiger charge is 2.17. The zero-order valence-corrected chi connectivity index (χ0v) is 18.8.